The largest absolute Gasteiger partial charge is 0.481 e. The van der Waals surface area contributed by atoms with Crippen LogP contribution in [0.1, 0.15) is 43.9 Å². The predicted molar refractivity (Wildman–Crippen MR) is 58.3 cm³/mol. The summed E-state index contributed by atoms with van der Waals surface area (Å²) in [6, 6.07) is 0. The van der Waals surface area contributed by atoms with Crippen molar-refractivity contribution in [3.8, 4) is 0 Å². The molecule has 1 heterocycles. The van der Waals surface area contributed by atoms with Crippen molar-refractivity contribution < 1.29 is 9.90 Å². The molecule has 0 amide bonds. The van der Waals surface area contributed by atoms with E-state index >= 15 is 0 Å². The number of nitrogens with one attached hydrogen (secondary N) is 1. The van der Waals surface area contributed by atoms with Crippen LogP contribution in [0.2, 0.25) is 5.15 Å². The van der Waals surface area contributed by atoms with Gasteiger partial charge < -0.3 is 5.11 Å². The number of hydrogen-bond donors (Lipinski definition) is 2. The first-order valence-electron chi connectivity index (χ1n) is 4.96. The second kappa shape index (κ2) is 5.16. The van der Waals surface area contributed by atoms with Gasteiger partial charge in [-0.15, -0.1) is 0 Å². The molecule has 15 heavy (non-hydrogen) atoms. The molecule has 0 unspecified atom stereocenters. The van der Waals surface area contributed by atoms with Crippen LogP contribution in [0.3, 0.4) is 0 Å². The summed E-state index contributed by atoms with van der Waals surface area (Å²) >= 11 is 5.91. The summed E-state index contributed by atoms with van der Waals surface area (Å²) in [6.45, 7) is 4.09. The molecule has 0 radical (unpaired) electrons. The highest BCUT2D eigenvalue weighted by Crippen LogP contribution is 2.24. The van der Waals surface area contributed by atoms with E-state index < -0.39 is 5.97 Å². The molecule has 0 atom stereocenters. The van der Waals surface area contributed by atoms with Gasteiger partial charge in [0.2, 0.25) is 0 Å². The van der Waals surface area contributed by atoms with Crippen LogP contribution in [0.25, 0.3) is 0 Å². The minimum absolute atomic E-state index is 0.166. The Hall–Kier alpha value is -1.03. The Bertz CT molecular complexity index is 347. The van der Waals surface area contributed by atoms with Crippen molar-refractivity contribution in [1.82, 2.24) is 10.2 Å². The van der Waals surface area contributed by atoms with E-state index in [2.05, 4.69) is 10.2 Å². The summed E-state index contributed by atoms with van der Waals surface area (Å²) in [4.78, 5) is 10.4. The normalized spacial score (nSPS) is 10.9. The Morgan fingerprint density at radius 3 is 2.80 bits per heavy atom. The molecule has 0 aliphatic heterocycles. The number of aliphatic carboxylic acids is 1. The van der Waals surface area contributed by atoms with Crippen LogP contribution in [-0.2, 0) is 11.2 Å². The predicted octanol–water partition coefficient (Wildman–Crippen LogP) is 2.59. The van der Waals surface area contributed by atoms with Crippen molar-refractivity contribution in [2.24, 2.45) is 0 Å². The van der Waals surface area contributed by atoms with Gasteiger partial charge in [0.05, 0.1) is 0 Å². The SMILES string of the molecule is CC(C)c1[nH]nc(Cl)c1CCCC(=O)O. The molecule has 0 spiro atoms. The molecule has 0 aromatic carbocycles. The van der Waals surface area contributed by atoms with E-state index in [4.69, 9.17) is 16.7 Å². The number of carboxylic acid groups (broad SMARTS) is 1. The Kier molecular flexibility index (Phi) is 4.15. The maximum absolute atomic E-state index is 10.4. The Morgan fingerprint density at radius 1 is 1.60 bits per heavy atom. The average Bonchev–Trinajstić information content (AvgIpc) is 2.47. The third kappa shape index (κ3) is 3.23. The smallest absolute Gasteiger partial charge is 0.303 e. The second-order valence-electron chi connectivity index (χ2n) is 3.81. The maximum atomic E-state index is 10.4. The molecule has 84 valence electrons. The van der Waals surface area contributed by atoms with E-state index in [-0.39, 0.29) is 6.42 Å². The molecule has 0 aliphatic rings. The number of halogens is 1. The van der Waals surface area contributed by atoms with E-state index in [1.54, 1.807) is 0 Å². The number of H-pyrrole nitrogens is 1. The van der Waals surface area contributed by atoms with Crippen LogP contribution >= 0.6 is 11.6 Å². The van der Waals surface area contributed by atoms with E-state index in [0.717, 1.165) is 11.3 Å². The van der Waals surface area contributed by atoms with Crippen molar-refractivity contribution in [3.05, 3.63) is 16.4 Å². The monoisotopic (exact) mass is 230 g/mol. The third-order valence-corrected chi connectivity index (χ3v) is 2.56. The first kappa shape index (κ1) is 12.0. The lowest BCUT2D eigenvalue weighted by molar-refractivity contribution is -0.137. The second-order valence-corrected chi connectivity index (χ2v) is 4.17. The lowest BCUT2D eigenvalue weighted by Crippen LogP contribution is -1.99. The number of aromatic amines is 1. The lowest BCUT2D eigenvalue weighted by Gasteiger charge is -2.05. The summed E-state index contributed by atoms with van der Waals surface area (Å²) in [5, 5.41) is 15.8. The Morgan fingerprint density at radius 2 is 2.27 bits per heavy atom. The van der Waals surface area contributed by atoms with Gasteiger partial charge in [0, 0.05) is 17.7 Å². The molecule has 0 saturated carbocycles. The van der Waals surface area contributed by atoms with E-state index in [0.29, 0.717) is 23.9 Å². The van der Waals surface area contributed by atoms with Gasteiger partial charge in [-0.3, -0.25) is 9.89 Å². The van der Waals surface area contributed by atoms with E-state index in [1.165, 1.54) is 0 Å². The highest BCUT2D eigenvalue weighted by atomic mass is 35.5. The summed E-state index contributed by atoms with van der Waals surface area (Å²) in [5.41, 5.74) is 1.96. The van der Waals surface area contributed by atoms with Gasteiger partial charge >= 0.3 is 5.97 Å². The summed E-state index contributed by atoms with van der Waals surface area (Å²) in [6.07, 6.45) is 1.42. The van der Waals surface area contributed by atoms with Crippen LogP contribution in [0.15, 0.2) is 0 Å². The summed E-state index contributed by atoms with van der Waals surface area (Å²) in [5.74, 6) is -0.453. The highest BCUT2D eigenvalue weighted by molar-refractivity contribution is 6.30. The number of nitrogens with zero attached hydrogens (tertiary/aromatic N) is 1. The van der Waals surface area contributed by atoms with Crippen molar-refractivity contribution >= 4 is 17.6 Å². The van der Waals surface area contributed by atoms with E-state index in [9.17, 15) is 4.79 Å². The molecular formula is C10H15ClN2O2. The lowest BCUT2D eigenvalue weighted by atomic mass is 10.0. The minimum atomic E-state index is -0.777. The van der Waals surface area contributed by atoms with Gasteiger partial charge in [0.15, 0.2) is 5.15 Å². The molecule has 1 aromatic heterocycles. The fourth-order valence-electron chi connectivity index (χ4n) is 1.49. The molecule has 0 fully saturated rings. The van der Waals surface area contributed by atoms with Crippen LogP contribution in [0.5, 0.6) is 0 Å². The quantitative estimate of drug-likeness (QED) is 0.817. The molecule has 0 aliphatic carbocycles. The number of carboxylic acids is 1. The molecule has 1 rings (SSSR count). The van der Waals surface area contributed by atoms with Gasteiger partial charge in [-0.05, 0) is 18.8 Å². The van der Waals surface area contributed by atoms with Gasteiger partial charge in [-0.2, -0.15) is 5.10 Å². The molecule has 4 nitrogen and oxygen atoms in total. The van der Waals surface area contributed by atoms with Gasteiger partial charge in [-0.25, -0.2) is 0 Å². The molecule has 5 heteroatoms. The zero-order valence-corrected chi connectivity index (χ0v) is 9.64. The van der Waals surface area contributed by atoms with Crippen molar-refractivity contribution in [1.29, 1.82) is 0 Å². The molecule has 0 saturated heterocycles. The fourth-order valence-corrected chi connectivity index (χ4v) is 1.73. The molecule has 2 N–H and O–H groups in total. The van der Waals surface area contributed by atoms with Gasteiger partial charge in [0.1, 0.15) is 0 Å². The molecule has 0 bridgehead atoms. The van der Waals surface area contributed by atoms with Crippen LogP contribution in [-0.4, -0.2) is 21.3 Å². The number of carbonyl (C=O) groups is 1. The maximum Gasteiger partial charge on any atom is 0.303 e. The van der Waals surface area contributed by atoms with Crippen LogP contribution in [0.4, 0.5) is 0 Å². The van der Waals surface area contributed by atoms with Gasteiger partial charge in [-0.1, -0.05) is 25.4 Å². The topological polar surface area (TPSA) is 66.0 Å². The average molecular weight is 231 g/mol. The zero-order chi connectivity index (χ0) is 11.4. The fraction of sp³-hybridized carbons (Fsp3) is 0.600. The Balaban J connectivity index is 2.66. The first-order chi connectivity index (χ1) is 7.02. The molecular weight excluding hydrogens is 216 g/mol. The zero-order valence-electron chi connectivity index (χ0n) is 8.88. The minimum Gasteiger partial charge on any atom is -0.481 e. The highest BCUT2D eigenvalue weighted by Gasteiger charge is 2.14. The molecule has 1 aromatic rings. The van der Waals surface area contributed by atoms with Crippen molar-refractivity contribution in [2.45, 2.75) is 39.0 Å². The standard InChI is InChI=1S/C10H15ClN2O2/c1-6(2)9-7(10(11)13-12-9)4-3-5-8(14)15/h6H,3-5H2,1-2H3,(H,12,13)(H,14,15). The summed E-state index contributed by atoms with van der Waals surface area (Å²) in [7, 11) is 0. The van der Waals surface area contributed by atoms with E-state index in [1.807, 2.05) is 13.8 Å². The number of aromatic nitrogens is 2. The Labute approximate surface area is 93.6 Å². The van der Waals surface area contributed by atoms with Crippen LogP contribution in [0, 0.1) is 0 Å². The third-order valence-electron chi connectivity index (χ3n) is 2.24. The van der Waals surface area contributed by atoms with Gasteiger partial charge in [0.25, 0.3) is 0 Å². The summed E-state index contributed by atoms with van der Waals surface area (Å²) < 4.78 is 0. The number of rotatable bonds is 5. The van der Waals surface area contributed by atoms with Crippen molar-refractivity contribution in [3.63, 3.8) is 0 Å². The first-order valence-corrected chi connectivity index (χ1v) is 5.34. The van der Waals surface area contributed by atoms with Crippen molar-refractivity contribution in [2.75, 3.05) is 0 Å². The van der Waals surface area contributed by atoms with Crippen LogP contribution < -0.4 is 0 Å². The number of hydrogen-bond acceptors (Lipinski definition) is 2.